The highest BCUT2D eigenvalue weighted by atomic mass is 32.1. The van der Waals surface area contributed by atoms with Gasteiger partial charge in [0.2, 0.25) is 0 Å². The van der Waals surface area contributed by atoms with E-state index in [0.29, 0.717) is 5.11 Å². The highest BCUT2D eigenvalue weighted by Gasteiger charge is 1.97. The molecule has 1 heterocycles. The Balaban J connectivity index is 2.10. The Morgan fingerprint density at radius 2 is 2.12 bits per heavy atom. The van der Waals surface area contributed by atoms with Crippen LogP contribution < -0.4 is 10.6 Å². The van der Waals surface area contributed by atoms with Gasteiger partial charge in [0.05, 0.1) is 6.10 Å². The largest absolute Gasteiger partial charge is 0.379 e. The predicted molar refractivity (Wildman–Crippen MR) is 74.2 cm³/mol. The molecular weight excluding hydrogens is 234 g/mol. The van der Waals surface area contributed by atoms with Crippen LogP contribution in [0.5, 0.6) is 0 Å². The molecule has 1 aromatic rings. The minimum Gasteiger partial charge on any atom is -0.379 e. The fraction of sp³-hybridized carbons (Fsp3) is 0.500. The van der Waals surface area contributed by atoms with Crippen molar-refractivity contribution >= 4 is 23.0 Å². The first kappa shape index (κ1) is 13.9. The van der Waals surface area contributed by atoms with Gasteiger partial charge in [0.1, 0.15) is 0 Å². The van der Waals surface area contributed by atoms with E-state index in [4.69, 9.17) is 17.0 Å². The van der Waals surface area contributed by atoms with E-state index in [1.165, 1.54) is 0 Å². The molecule has 0 radical (unpaired) electrons. The van der Waals surface area contributed by atoms with Gasteiger partial charge in [0.15, 0.2) is 5.11 Å². The van der Waals surface area contributed by atoms with Crippen LogP contribution in [0.2, 0.25) is 0 Å². The normalized spacial score (nSPS) is 10.3. The van der Waals surface area contributed by atoms with Crippen LogP contribution in [-0.2, 0) is 4.74 Å². The van der Waals surface area contributed by atoms with Crippen LogP contribution in [0.1, 0.15) is 20.3 Å². The number of ether oxygens (including phenoxy) is 1. The molecule has 4 nitrogen and oxygen atoms in total. The molecule has 5 heteroatoms. The maximum atomic E-state index is 5.43. The number of hydrogen-bond acceptors (Lipinski definition) is 3. The smallest absolute Gasteiger partial charge is 0.170 e. The van der Waals surface area contributed by atoms with Crippen molar-refractivity contribution in [2.45, 2.75) is 26.4 Å². The van der Waals surface area contributed by atoms with Gasteiger partial charge in [0.25, 0.3) is 0 Å². The molecule has 0 saturated carbocycles. The summed E-state index contributed by atoms with van der Waals surface area (Å²) in [5.41, 5.74) is 0.941. The number of hydrogen-bond donors (Lipinski definition) is 2. The highest BCUT2D eigenvalue weighted by Crippen LogP contribution is 2.02. The number of nitrogens with one attached hydrogen (secondary N) is 2. The summed E-state index contributed by atoms with van der Waals surface area (Å²) in [4.78, 5) is 3.94. The van der Waals surface area contributed by atoms with Gasteiger partial charge in [-0.05, 0) is 44.6 Å². The second kappa shape index (κ2) is 7.97. The van der Waals surface area contributed by atoms with Crippen LogP contribution >= 0.6 is 12.2 Å². The SMILES string of the molecule is CC(C)OCCCNC(=S)Nc1ccncc1. The average Bonchev–Trinajstić information content (AvgIpc) is 2.29. The Hall–Kier alpha value is -1.20. The van der Waals surface area contributed by atoms with Crippen molar-refractivity contribution in [1.29, 1.82) is 0 Å². The number of nitrogens with zero attached hydrogens (tertiary/aromatic N) is 1. The molecule has 0 bridgehead atoms. The lowest BCUT2D eigenvalue weighted by Crippen LogP contribution is -2.29. The van der Waals surface area contributed by atoms with Crippen molar-refractivity contribution in [3.05, 3.63) is 24.5 Å². The molecule has 17 heavy (non-hydrogen) atoms. The molecule has 0 aromatic carbocycles. The number of pyridine rings is 1. The molecule has 0 aliphatic heterocycles. The fourth-order valence-electron chi connectivity index (χ4n) is 1.20. The number of aromatic nitrogens is 1. The minimum absolute atomic E-state index is 0.289. The maximum Gasteiger partial charge on any atom is 0.170 e. The van der Waals surface area contributed by atoms with Gasteiger partial charge in [0, 0.05) is 31.2 Å². The van der Waals surface area contributed by atoms with E-state index in [1.54, 1.807) is 12.4 Å². The Bertz CT molecular complexity index is 330. The molecule has 0 fully saturated rings. The van der Waals surface area contributed by atoms with Crippen LogP contribution in [0.25, 0.3) is 0 Å². The van der Waals surface area contributed by atoms with E-state index in [0.717, 1.165) is 25.3 Å². The highest BCUT2D eigenvalue weighted by molar-refractivity contribution is 7.80. The maximum absolute atomic E-state index is 5.43. The summed E-state index contributed by atoms with van der Waals surface area (Å²) in [7, 11) is 0. The third kappa shape index (κ3) is 6.86. The van der Waals surface area contributed by atoms with E-state index in [-0.39, 0.29) is 6.10 Å². The van der Waals surface area contributed by atoms with Crippen LogP contribution in [0.4, 0.5) is 5.69 Å². The van der Waals surface area contributed by atoms with Crippen LogP contribution in [0, 0.1) is 0 Å². The number of thiocarbonyl (C=S) groups is 1. The van der Waals surface area contributed by atoms with Crippen LogP contribution in [0.3, 0.4) is 0 Å². The molecule has 0 spiro atoms. The fourth-order valence-corrected chi connectivity index (χ4v) is 1.42. The first-order valence-electron chi connectivity index (χ1n) is 5.75. The monoisotopic (exact) mass is 253 g/mol. The quantitative estimate of drug-likeness (QED) is 0.601. The first-order chi connectivity index (χ1) is 8.18. The summed E-state index contributed by atoms with van der Waals surface area (Å²) in [5, 5.41) is 6.83. The summed E-state index contributed by atoms with van der Waals surface area (Å²) >= 11 is 5.15. The van der Waals surface area contributed by atoms with E-state index in [2.05, 4.69) is 15.6 Å². The summed E-state index contributed by atoms with van der Waals surface area (Å²) in [6.45, 7) is 5.62. The van der Waals surface area contributed by atoms with Crippen molar-refractivity contribution in [2.75, 3.05) is 18.5 Å². The number of rotatable bonds is 6. The third-order valence-electron chi connectivity index (χ3n) is 2.00. The minimum atomic E-state index is 0.289. The van der Waals surface area contributed by atoms with Gasteiger partial charge in [-0.15, -0.1) is 0 Å². The molecular formula is C12H19N3OS. The first-order valence-corrected chi connectivity index (χ1v) is 6.16. The van der Waals surface area contributed by atoms with Crippen LogP contribution in [0.15, 0.2) is 24.5 Å². The van der Waals surface area contributed by atoms with Crippen molar-refractivity contribution in [3.8, 4) is 0 Å². The van der Waals surface area contributed by atoms with Gasteiger partial charge in [-0.2, -0.15) is 0 Å². The average molecular weight is 253 g/mol. The lowest BCUT2D eigenvalue weighted by atomic mass is 10.4. The lowest BCUT2D eigenvalue weighted by molar-refractivity contribution is 0.0777. The summed E-state index contributed by atoms with van der Waals surface area (Å²) in [6.07, 6.45) is 4.68. The Morgan fingerprint density at radius 3 is 2.76 bits per heavy atom. The molecule has 0 unspecified atom stereocenters. The molecule has 94 valence electrons. The summed E-state index contributed by atoms with van der Waals surface area (Å²) in [6, 6.07) is 3.74. The predicted octanol–water partition coefficient (Wildman–Crippen LogP) is 2.18. The molecule has 0 amide bonds. The summed E-state index contributed by atoms with van der Waals surface area (Å²) in [5.74, 6) is 0. The zero-order valence-corrected chi connectivity index (χ0v) is 11.1. The second-order valence-electron chi connectivity index (χ2n) is 3.89. The Morgan fingerprint density at radius 1 is 1.41 bits per heavy atom. The number of anilines is 1. The van der Waals surface area contributed by atoms with Crippen molar-refractivity contribution in [2.24, 2.45) is 0 Å². The summed E-state index contributed by atoms with van der Waals surface area (Å²) < 4.78 is 5.43. The van der Waals surface area contributed by atoms with Gasteiger partial charge in [-0.1, -0.05) is 0 Å². The van der Waals surface area contributed by atoms with E-state index >= 15 is 0 Å². The van der Waals surface area contributed by atoms with E-state index in [1.807, 2.05) is 26.0 Å². The third-order valence-corrected chi connectivity index (χ3v) is 2.24. The molecule has 0 aliphatic rings. The Labute approximate surface area is 108 Å². The van der Waals surface area contributed by atoms with E-state index < -0.39 is 0 Å². The zero-order chi connectivity index (χ0) is 12.5. The van der Waals surface area contributed by atoms with Crippen LogP contribution in [-0.4, -0.2) is 29.4 Å². The standard InChI is InChI=1S/C12H19N3OS/c1-10(2)16-9-3-6-14-12(17)15-11-4-7-13-8-5-11/h4-5,7-8,10H,3,6,9H2,1-2H3,(H2,13,14,15,17). The topological polar surface area (TPSA) is 46.2 Å². The van der Waals surface area contributed by atoms with Gasteiger partial charge >= 0.3 is 0 Å². The lowest BCUT2D eigenvalue weighted by Gasteiger charge is -2.11. The molecule has 1 aromatic heterocycles. The van der Waals surface area contributed by atoms with Gasteiger partial charge < -0.3 is 15.4 Å². The van der Waals surface area contributed by atoms with Crippen molar-refractivity contribution in [3.63, 3.8) is 0 Å². The second-order valence-corrected chi connectivity index (χ2v) is 4.30. The molecule has 2 N–H and O–H groups in total. The van der Waals surface area contributed by atoms with E-state index in [9.17, 15) is 0 Å². The van der Waals surface area contributed by atoms with Gasteiger partial charge in [-0.3, -0.25) is 4.98 Å². The van der Waals surface area contributed by atoms with Gasteiger partial charge in [-0.25, -0.2) is 0 Å². The molecule has 1 rings (SSSR count). The Kier molecular flexibility index (Phi) is 6.50. The molecule has 0 saturated heterocycles. The zero-order valence-electron chi connectivity index (χ0n) is 10.3. The molecule has 0 atom stereocenters. The van der Waals surface area contributed by atoms with Crippen molar-refractivity contribution < 1.29 is 4.74 Å². The van der Waals surface area contributed by atoms with Crippen molar-refractivity contribution in [1.82, 2.24) is 10.3 Å². The molecule has 0 aliphatic carbocycles.